The van der Waals surface area contributed by atoms with Gasteiger partial charge in [-0.25, -0.2) is 0 Å². The van der Waals surface area contributed by atoms with Crippen molar-refractivity contribution in [2.45, 2.75) is 12.8 Å². The molecular weight excluding hydrogens is 358 g/mol. The van der Waals surface area contributed by atoms with Crippen LogP contribution in [0.25, 0.3) is 0 Å². The minimum Gasteiger partial charge on any atom is -0.493 e. The van der Waals surface area contributed by atoms with Crippen molar-refractivity contribution in [1.29, 1.82) is 0 Å². The number of nitrogens with one attached hydrogen (secondary N) is 2. The zero-order chi connectivity index (χ0) is 17.8. The van der Waals surface area contributed by atoms with E-state index < -0.39 is 0 Å². The van der Waals surface area contributed by atoms with E-state index in [4.69, 9.17) is 33.3 Å². The van der Waals surface area contributed by atoms with E-state index in [-0.39, 0.29) is 0 Å². The number of methoxy groups -OCH3 is 2. The molecule has 0 unspecified atom stereocenters. The SMILES string of the molecule is COc1cc2c(cc1OC)/C(=N/NC(=S)Nc1ccc(Cl)cc1)CC2. The largest absolute Gasteiger partial charge is 0.493 e. The van der Waals surface area contributed by atoms with Gasteiger partial charge in [-0.1, -0.05) is 11.6 Å². The molecule has 1 aliphatic carbocycles. The number of aryl methyl sites for hydroxylation is 1. The van der Waals surface area contributed by atoms with Gasteiger partial charge < -0.3 is 14.8 Å². The Kier molecular flexibility index (Phi) is 5.40. The fraction of sp³-hybridized carbons (Fsp3) is 0.222. The predicted octanol–water partition coefficient (Wildman–Crippen LogP) is 3.99. The van der Waals surface area contributed by atoms with Crippen LogP contribution in [0, 0.1) is 0 Å². The van der Waals surface area contributed by atoms with Gasteiger partial charge in [0, 0.05) is 16.3 Å². The Labute approximate surface area is 157 Å². The van der Waals surface area contributed by atoms with Crippen molar-refractivity contribution in [2.24, 2.45) is 5.10 Å². The third-order valence-corrected chi connectivity index (χ3v) is 4.39. The second kappa shape index (κ2) is 7.72. The van der Waals surface area contributed by atoms with Crippen molar-refractivity contribution in [2.75, 3.05) is 19.5 Å². The summed E-state index contributed by atoms with van der Waals surface area (Å²) in [7, 11) is 3.26. The Bertz CT molecular complexity index is 822. The van der Waals surface area contributed by atoms with Gasteiger partial charge in [0.25, 0.3) is 0 Å². The van der Waals surface area contributed by atoms with Crippen molar-refractivity contribution in [3.8, 4) is 11.5 Å². The van der Waals surface area contributed by atoms with Gasteiger partial charge in [0.1, 0.15) is 0 Å². The summed E-state index contributed by atoms with van der Waals surface area (Å²) in [6.45, 7) is 0. The van der Waals surface area contributed by atoms with Crippen LogP contribution in [0.4, 0.5) is 5.69 Å². The first-order valence-electron chi connectivity index (χ1n) is 7.75. The van der Waals surface area contributed by atoms with E-state index in [0.717, 1.165) is 35.6 Å². The van der Waals surface area contributed by atoms with Gasteiger partial charge in [0.2, 0.25) is 0 Å². The fourth-order valence-corrected chi connectivity index (χ4v) is 3.00. The quantitative estimate of drug-likeness (QED) is 0.625. The molecule has 0 saturated heterocycles. The molecule has 2 aromatic rings. The topological polar surface area (TPSA) is 54.9 Å². The lowest BCUT2D eigenvalue weighted by atomic mass is 10.1. The second-order valence-corrected chi connectivity index (χ2v) is 6.34. The Morgan fingerprint density at radius 2 is 1.76 bits per heavy atom. The van der Waals surface area contributed by atoms with Crippen LogP contribution in [0.2, 0.25) is 5.02 Å². The molecular formula is C18H18ClN3O2S. The summed E-state index contributed by atoms with van der Waals surface area (Å²) < 4.78 is 10.7. The normalized spacial score (nSPS) is 14.1. The van der Waals surface area contributed by atoms with Crippen LogP contribution in [0.3, 0.4) is 0 Å². The van der Waals surface area contributed by atoms with Gasteiger partial charge in [-0.2, -0.15) is 5.10 Å². The maximum Gasteiger partial charge on any atom is 0.191 e. The minimum absolute atomic E-state index is 0.420. The molecule has 2 N–H and O–H groups in total. The summed E-state index contributed by atoms with van der Waals surface area (Å²) in [5.74, 6) is 1.42. The number of rotatable bonds is 4. The molecule has 0 atom stereocenters. The minimum atomic E-state index is 0.420. The van der Waals surface area contributed by atoms with Crippen LogP contribution in [-0.4, -0.2) is 25.0 Å². The lowest BCUT2D eigenvalue weighted by molar-refractivity contribution is 0.354. The van der Waals surface area contributed by atoms with E-state index in [1.165, 1.54) is 5.56 Å². The molecule has 130 valence electrons. The van der Waals surface area contributed by atoms with Crippen molar-refractivity contribution in [1.82, 2.24) is 5.43 Å². The highest BCUT2D eigenvalue weighted by Gasteiger charge is 2.21. The summed E-state index contributed by atoms with van der Waals surface area (Å²) in [6.07, 6.45) is 1.75. The lowest BCUT2D eigenvalue weighted by Gasteiger charge is -2.11. The van der Waals surface area contributed by atoms with Crippen LogP contribution in [0.15, 0.2) is 41.5 Å². The van der Waals surface area contributed by atoms with Gasteiger partial charge in [-0.3, -0.25) is 5.43 Å². The summed E-state index contributed by atoms with van der Waals surface area (Å²) in [5, 5.41) is 8.61. The van der Waals surface area contributed by atoms with Crippen LogP contribution in [0.5, 0.6) is 11.5 Å². The van der Waals surface area contributed by atoms with E-state index in [9.17, 15) is 0 Å². The van der Waals surface area contributed by atoms with Crippen molar-refractivity contribution < 1.29 is 9.47 Å². The highest BCUT2D eigenvalue weighted by atomic mass is 35.5. The molecule has 3 rings (SSSR count). The molecule has 1 aliphatic rings. The first-order valence-corrected chi connectivity index (χ1v) is 8.53. The number of nitrogens with zero attached hydrogens (tertiary/aromatic N) is 1. The number of benzene rings is 2. The number of fused-ring (bicyclic) bond motifs is 1. The number of hydrogen-bond donors (Lipinski definition) is 2. The second-order valence-electron chi connectivity index (χ2n) is 5.50. The molecule has 0 aliphatic heterocycles. The predicted molar refractivity (Wildman–Crippen MR) is 105 cm³/mol. The maximum absolute atomic E-state index is 5.87. The highest BCUT2D eigenvalue weighted by Crippen LogP contribution is 2.34. The molecule has 7 heteroatoms. The van der Waals surface area contributed by atoms with Gasteiger partial charge in [0.15, 0.2) is 16.6 Å². The molecule has 0 spiro atoms. The summed E-state index contributed by atoms with van der Waals surface area (Å²) in [4.78, 5) is 0. The third-order valence-electron chi connectivity index (χ3n) is 3.95. The molecule has 25 heavy (non-hydrogen) atoms. The fourth-order valence-electron chi connectivity index (χ4n) is 2.71. The number of hydrazone groups is 1. The van der Waals surface area contributed by atoms with Crippen molar-refractivity contribution >= 4 is 40.3 Å². The first-order chi connectivity index (χ1) is 12.1. The number of anilines is 1. The van der Waals surface area contributed by atoms with Crippen molar-refractivity contribution in [3.63, 3.8) is 0 Å². The zero-order valence-electron chi connectivity index (χ0n) is 13.9. The van der Waals surface area contributed by atoms with Gasteiger partial charge >= 0.3 is 0 Å². The van der Waals surface area contributed by atoms with Crippen LogP contribution in [-0.2, 0) is 6.42 Å². The van der Waals surface area contributed by atoms with Crippen molar-refractivity contribution in [3.05, 3.63) is 52.5 Å². The summed E-state index contributed by atoms with van der Waals surface area (Å²) >= 11 is 11.2. The smallest absolute Gasteiger partial charge is 0.191 e. The Balaban J connectivity index is 1.71. The number of thiocarbonyl (C=S) groups is 1. The molecule has 0 bridgehead atoms. The van der Waals surface area contributed by atoms with E-state index in [0.29, 0.717) is 15.9 Å². The number of hydrogen-bond acceptors (Lipinski definition) is 4. The molecule has 0 radical (unpaired) electrons. The molecule has 0 amide bonds. The standard InChI is InChI=1S/C18H18ClN3O2S/c1-23-16-9-11-3-8-15(14(11)10-17(16)24-2)21-22-18(25)20-13-6-4-12(19)5-7-13/h4-7,9-10H,3,8H2,1-2H3,(H2,20,22,25)/b21-15+. The summed E-state index contributed by atoms with van der Waals surface area (Å²) in [5.41, 5.74) is 6.93. The molecule has 0 heterocycles. The summed E-state index contributed by atoms with van der Waals surface area (Å²) in [6, 6.07) is 11.3. The molecule has 0 saturated carbocycles. The lowest BCUT2D eigenvalue weighted by Crippen LogP contribution is -2.25. The van der Waals surface area contributed by atoms with Gasteiger partial charge in [0.05, 0.1) is 19.9 Å². The number of ether oxygens (including phenoxy) is 2. The van der Waals surface area contributed by atoms with E-state index in [1.807, 2.05) is 24.3 Å². The first kappa shape index (κ1) is 17.5. The monoisotopic (exact) mass is 375 g/mol. The Hall–Kier alpha value is -2.31. The highest BCUT2D eigenvalue weighted by molar-refractivity contribution is 7.80. The molecule has 5 nitrogen and oxygen atoms in total. The van der Waals surface area contributed by atoms with Gasteiger partial charge in [-0.15, -0.1) is 0 Å². The Morgan fingerprint density at radius 3 is 2.44 bits per heavy atom. The third kappa shape index (κ3) is 4.03. The molecule has 0 fully saturated rings. The van der Waals surface area contributed by atoms with E-state index in [2.05, 4.69) is 15.8 Å². The average molecular weight is 376 g/mol. The zero-order valence-corrected chi connectivity index (χ0v) is 15.5. The van der Waals surface area contributed by atoms with Crippen LogP contribution >= 0.6 is 23.8 Å². The Morgan fingerprint density at radius 1 is 1.08 bits per heavy atom. The number of halogens is 1. The molecule has 0 aromatic heterocycles. The molecule has 2 aromatic carbocycles. The average Bonchev–Trinajstić information content (AvgIpc) is 3.02. The van der Waals surface area contributed by atoms with E-state index in [1.54, 1.807) is 26.4 Å². The van der Waals surface area contributed by atoms with Gasteiger partial charge in [-0.05, 0) is 67.0 Å². The van der Waals surface area contributed by atoms with Crippen LogP contribution in [0.1, 0.15) is 17.5 Å². The maximum atomic E-state index is 5.87. The van der Waals surface area contributed by atoms with E-state index >= 15 is 0 Å². The van der Waals surface area contributed by atoms with Crippen LogP contribution < -0.4 is 20.2 Å².